The predicted octanol–water partition coefficient (Wildman–Crippen LogP) is 4.14. The van der Waals surface area contributed by atoms with Crippen molar-refractivity contribution >= 4 is 11.9 Å². The molecule has 0 radical (unpaired) electrons. The number of rotatable bonds is 6. The van der Waals surface area contributed by atoms with Crippen molar-refractivity contribution in [1.82, 2.24) is 4.90 Å². The maximum absolute atomic E-state index is 14.3. The van der Waals surface area contributed by atoms with E-state index in [4.69, 9.17) is 9.47 Å². The smallest absolute Gasteiger partial charge is 0.314 e. The Balaban J connectivity index is 1.90. The van der Waals surface area contributed by atoms with Gasteiger partial charge in [-0.2, -0.15) is 0 Å². The SMILES string of the molecule is CCOC(=O)[C@@]1(Cc2ccc(F)cc2F)CCCN(C(=O)c2ccc(OC)c(F)c2)C1. The zero-order chi connectivity index (χ0) is 22.6. The topological polar surface area (TPSA) is 55.8 Å². The Morgan fingerprint density at radius 1 is 1.10 bits per heavy atom. The average molecular weight is 435 g/mol. The summed E-state index contributed by atoms with van der Waals surface area (Å²) in [5.74, 6) is -3.12. The molecule has 3 rings (SSSR count). The summed E-state index contributed by atoms with van der Waals surface area (Å²) in [5.41, 5.74) is -0.904. The minimum atomic E-state index is -1.19. The summed E-state index contributed by atoms with van der Waals surface area (Å²) >= 11 is 0. The number of halogens is 3. The van der Waals surface area contributed by atoms with Gasteiger partial charge in [-0.25, -0.2) is 13.2 Å². The van der Waals surface area contributed by atoms with Gasteiger partial charge in [0, 0.05) is 24.7 Å². The lowest BCUT2D eigenvalue weighted by Crippen LogP contribution is -2.51. The minimum absolute atomic E-state index is 0.0165. The second kappa shape index (κ2) is 9.41. The van der Waals surface area contributed by atoms with Gasteiger partial charge in [0.15, 0.2) is 11.6 Å². The average Bonchev–Trinajstić information content (AvgIpc) is 2.75. The van der Waals surface area contributed by atoms with Crippen LogP contribution in [0.4, 0.5) is 13.2 Å². The minimum Gasteiger partial charge on any atom is -0.494 e. The molecule has 1 heterocycles. The third-order valence-corrected chi connectivity index (χ3v) is 5.52. The molecule has 1 atom stereocenters. The lowest BCUT2D eigenvalue weighted by atomic mass is 9.74. The summed E-state index contributed by atoms with van der Waals surface area (Å²) in [7, 11) is 1.33. The summed E-state index contributed by atoms with van der Waals surface area (Å²) in [6, 6.07) is 7.08. The molecule has 0 spiro atoms. The van der Waals surface area contributed by atoms with Crippen molar-refractivity contribution in [3.8, 4) is 5.75 Å². The monoisotopic (exact) mass is 435 g/mol. The number of nitrogens with zero attached hydrogens (tertiary/aromatic N) is 1. The number of amides is 1. The van der Waals surface area contributed by atoms with E-state index in [0.717, 1.165) is 18.2 Å². The Hall–Kier alpha value is -3.03. The first kappa shape index (κ1) is 22.7. The van der Waals surface area contributed by atoms with Gasteiger partial charge in [0.2, 0.25) is 0 Å². The summed E-state index contributed by atoms with van der Waals surface area (Å²) < 4.78 is 51.9. The Labute approximate surface area is 178 Å². The third-order valence-electron chi connectivity index (χ3n) is 5.52. The number of likely N-dealkylation sites (tertiary alicyclic amines) is 1. The van der Waals surface area contributed by atoms with Crippen LogP contribution in [0.1, 0.15) is 35.7 Å². The van der Waals surface area contributed by atoms with Crippen LogP contribution in [0.5, 0.6) is 5.75 Å². The van der Waals surface area contributed by atoms with E-state index >= 15 is 0 Å². The Morgan fingerprint density at radius 2 is 1.87 bits per heavy atom. The molecule has 1 amide bonds. The van der Waals surface area contributed by atoms with Crippen LogP contribution in [-0.4, -0.2) is 43.6 Å². The van der Waals surface area contributed by atoms with Crippen LogP contribution in [0.25, 0.3) is 0 Å². The van der Waals surface area contributed by atoms with Gasteiger partial charge in [0.25, 0.3) is 5.91 Å². The fraction of sp³-hybridized carbons (Fsp3) is 0.391. The van der Waals surface area contributed by atoms with Crippen molar-refractivity contribution in [2.24, 2.45) is 5.41 Å². The lowest BCUT2D eigenvalue weighted by molar-refractivity contribution is -0.158. The molecule has 0 saturated carbocycles. The molecule has 2 aromatic rings. The highest BCUT2D eigenvalue weighted by molar-refractivity contribution is 5.95. The van der Waals surface area contributed by atoms with Gasteiger partial charge >= 0.3 is 5.97 Å². The number of carbonyl (C=O) groups is 2. The molecule has 166 valence electrons. The van der Waals surface area contributed by atoms with Crippen molar-refractivity contribution in [3.05, 3.63) is 65.0 Å². The van der Waals surface area contributed by atoms with Gasteiger partial charge in [-0.05, 0) is 56.0 Å². The zero-order valence-corrected chi connectivity index (χ0v) is 17.4. The summed E-state index contributed by atoms with van der Waals surface area (Å²) in [5, 5.41) is 0. The molecule has 8 heteroatoms. The molecular formula is C23H24F3NO4. The molecule has 31 heavy (non-hydrogen) atoms. The summed E-state index contributed by atoms with van der Waals surface area (Å²) in [6.45, 7) is 2.13. The fourth-order valence-electron chi connectivity index (χ4n) is 3.98. The van der Waals surface area contributed by atoms with Crippen molar-refractivity contribution in [3.63, 3.8) is 0 Å². The number of benzene rings is 2. The van der Waals surface area contributed by atoms with Gasteiger partial charge in [0.05, 0.1) is 19.1 Å². The fourth-order valence-corrected chi connectivity index (χ4v) is 3.98. The number of hydrogen-bond donors (Lipinski definition) is 0. The quantitative estimate of drug-likeness (QED) is 0.640. The molecule has 1 aliphatic heterocycles. The van der Waals surface area contributed by atoms with Crippen LogP contribution in [-0.2, 0) is 16.0 Å². The highest BCUT2D eigenvalue weighted by atomic mass is 19.1. The molecule has 0 unspecified atom stereocenters. The maximum atomic E-state index is 14.3. The number of piperidine rings is 1. The molecule has 0 aliphatic carbocycles. The van der Waals surface area contributed by atoms with Crippen LogP contribution in [0.15, 0.2) is 36.4 Å². The highest BCUT2D eigenvalue weighted by Crippen LogP contribution is 2.37. The maximum Gasteiger partial charge on any atom is 0.314 e. The molecule has 5 nitrogen and oxygen atoms in total. The largest absolute Gasteiger partial charge is 0.494 e. The van der Waals surface area contributed by atoms with Gasteiger partial charge in [-0.15, -0.1) is 0 Å². The van der Waals surface area contributed by atoms with Crippen LogP contribution in [0, 0.1) is 22.9 Å². The van der Waals surface area contributed by atoms with Crippen LogP contribution in [0.3, 0.4) is 0 Å². The van der Waals surface area contributed by atoms with Crippen LogP contribution in [0.2, 0.25) is 0 Å². The molecule has 0 bridgehead atoms. The van der Waals surface area contributed by atoms with Crippen molar-refractivity contribution in [2.75, 3.05) is 26.8 Å². The normalized spacial score (nSPS) is 18.5. The third kappa shape index (κ3) is 4.84. The molecular weight excluding hydrogens is 411 g/mol. The van der Waals surface area contributed by atoms with E-state index in [1.54, 1.807) is 6.92 Å². The first-order valence-corrected chi connectivity index (χ1v) is 10.0. The van der Waals surface area contributed by atoms with Crippen molar-refractivity contribution < 1.29 is 32.2 Å². The number of methoxy groups -OCH3 is 1. The summed E-state index contributed by atoms with van der Waals surface area (Å²) in [4.78, 5) is 27.4. The number of hydrogen-bond acceptors (Lipinski definition) is 4. The molecule has 0 aromatic heterocycles. The van der Waals surface area contributed by atoms with Crippen LogP contribution >= 0.6 is 0 Å². The zero-order valence-electron chi connectivity index (χ0n) is 17.4. The Morgan fingerprint density at radius 3 is 2.52 bits per heavy atom. The number of carbonyl (C=O) groups excluding carboxylic acids is 2. The van der Waals surface area contributed by atoms with E-state index in [1.165, 1.54) is 30.2 Å². The second-order valence-electron chi connectivity index (χ2n) is 7.59. The van der Waals surface area contributed by atoms with E-state index in [-0.39, 0.29) is 36.4 Å². The van der Waals surface area contributed by atoms with Gasteiger partial charge in [-0.1, -0.05) is 6.07 Å². The Bertz CT molecular complexity index is 981. The second-order valence-corrected chi connectivity index (χ2v) is 7.59. The predicted molar refractivity (Wildman–Crippen MR) is 107 cm³/mol. The first-order chi connectivity index (χ1) is 14.8. The molecule has 1 aliphatic rings. The van der Waals surface area contributed by atoms with Gasteiger partial charge < -0.3 is 14.4 Å². The van der Waals surface area contributed by atoms with Gasteiger partial charge in [-0.3, -0.25) is 9.59 Å². The van der Waals surface area contributed by atoms with E-state index < -0.39 is 34.7 Å². The molecule has 2 aromatic carbocycles. The molecule has 1 fully saturated rings. The van der Waals surface area contributed by atoms with E-state index in [1.807, 2.05) is 0 Å². The first-order valence-electron chi connectivity index (χ1n) is 10.0. The van der Waals surface area contributed by atoms with Crippen molar-refractivity contribution in [2.45, 2.75) is 26.2 Å². The van der Waals surface area contributed by atoms with E-state index in [2.05, 4.69) is 0 Å². The van der Waals surface area contributed by atoms with E-state index in [9.17, 15) is 22.8 Å². The van der Waals surface area contributed by atoms with Gasteiger partial charge in [0.1, 0.15) is 11.6 Å². The molecule has 0 N–H and O–H groups in total. The lowest BCUT2D eigenvalue weighted by Gasteiger charge is -2.41. The number of esters is 1. The standard InChI is InChI=1S/C23H24F3NO4/c1-3-31-22(29)23(13-16-5-7-17(24)12-18(16)25)9-4-10-27(14-23)21(28)15-6-8-20(30-2)19(26)11-15/h5-8,11-12H,3-4,9-10,13-14H2,1-2H3/t23-/m1/s1. The number of ether oxygens (including phenoxy) is 2. The molecule has 1 saturated heterocycles. The van der Waals surface area contributed by atoms with Crippen molar-refractivity contribution in [1.29, 1.82) is 0 Å². The van der Waals surface area contributed by atoms with Crippen LogP contribution < -0.4 is 4.74 Å². The summed E-state index contributed by atoms with van der Waals surface area (Å²) in [6.07, 6.45) is 0.814. The van der Waals surface area contributed by atoms with E-state index in [0.29, 0.717) is 19.4 Å². The highest BCUT2D eigenvalue weighted by Gasteiger charge is 2.45. The Kier molecular flexibility index (Phi) is 6.87.